The molecule has 2 unspecified atom stereocenters. The minimum absolute atomic E-state index is 0.0494. The number of rotatable bonds is 7. The number of carbonyl (C=O) groups excluding carboxylic acids is 3. The number of nitrogens with one attached hydrogen (secondary N) is 3. The molecule has 0 aliphatic heterocycles. The molecule has 124 valence electrons. The summed E-state index contributed by atoms with van der Waals surface area (Å²) in [5.41, 5.74) is 1.61. The Morgan fingerprint density at radius 3 is 2.61 bits per heavy atom. The molecule has 1 aliphatic rings. The van der Waals surface area contributed by atoms with E-state index in [0.29, 0.717) is 24.7 Å². The van der Waals surface area contributed by atoms with Gasteiger partial charge in [0.1, 0.15) is 0 Å². The highest BCUT2D eigenvalue weighted by atomic mass is 16.2. The quantitative estimate of drug-likeness (QED) is 0.711. The summed E-state index contributed by atoms with van der Waals surface area (Å²) >= 11 is 0. The van der Waals surface area contributed by atoms with Gasteiger partial charge in [-0.1, -0.05) is 19.1 Å². The lowest BCUT2D eigenvalue weighted by Gasteiger charge is -2.08. The topological polar surface area (TPSA) is 87.3 Å². The van der Waals surface area contributed by atoms with Crippen LogP contribution in [0, 0.1) is 11.8 Å². The summed E-state index contributed by atoms with van der Waals surface area (Å²) in [4.78, 5) is 34.4. The molecule has 0 aromatic heterocycles. The third-order valence-corrected chi connectivity index (χ3v) is 3.83. The van der Waals surface area contributed by atoms with Gasteiger partial charge < -0.3 is 16.0 Å². The van der Waals surface area contributed by atoms with Gasteiger partial charge in [-0.05, 0) is 30.0 Å². The molecule has 0 saturated heterocycles. The molecule has 0 radical (unpaired) electrons. The van der Waals surface area contributed by atoms with Crippen molar-refractivity contribution in [3.8, 4) is 0 Å². The van der Waals surface area contributed by atoms with Gasteiger partial charge in [0.05, 0.1) is 0 Å². The largest absolute Gasteiger partial charge is 0.355 e. The van der Waals surface area contributed by atoms with E-state index in [1.54, 1.807) is 6.07 Å². The third-order valence-electron chi connectivity index (χ3n) is 3.83. The summed E-state index contributed by atoms with van der Waals surface area (Å²) in [7, 11) is 0. The zero-order valence-electron chi connectivity index (χ0n) is 13.5. The van der Waals surface area contributed by atoms with Gasteiger partial charge in [-0.3, -0.25) is 14.4 Å². The van der Waals surface area contributed by atoms with Crippen molar-refractivity contribution in [3.05, 3.63) is 29.8 Å². The number of amides is 3. The average molecular weight is 317 g/mol. The van der Waals surface area contributed by atoms with Gasteiger partial charge in [-0.15, -0.1) is 0 Å². The Kier molecular flexibility index (Phi) is 5.73. The van der Waals surface area contributed by atoms with Crippen molar-refractivity contribution in [1.82, 2.24) is 10.6 Å². The molecule has 6 nitrogen and oxygen atoms in total. The second kappa shape index (κ2) is 7.76. The molecule has 2 rings (SSSR count). The summed E-state index contributed by atoms with van der Waals surface area (Å²) in [6.07, 6.45) is 1.21. The molecule has 1 aromatic rings. The number of hydrogen-bond acceptors (Lipinski definition) is 3. The van der Waals surface area contributed by atoms with Crippen LogP contribution in [0.3, 0.4) is 0 Å². The van der Waals surface area contributed by atoms with Crippen LogP contribution in [0.2, 0.25) is 0 Å². The van der Waals surface area contributed by atoms with E-state index in [2.05, 4.69) is 16.0 Å². The number of hydrogen-bond donors (Lipinski definition) is 3. The van der Waals surface area contributed by atoms with E-state index in [1.165, 1.54) is 6.92 Å². The fourth-order valence-corrected chi connectivity index (χ4v) is 2.37. The number of carbonyl (C=O) groups is 3. The summed E-state index contributed by atoms with van der Waals surface area (Å²) in [6.45, 7) is 4.25. The first kappa shape index (κ1) is 17.0. The first-order chi connectivity index (χ1) is 11.0. The Hall–Kier alpha value is -2.37. The molecule has 0 spiro atoms. The molecule has 23 heavy (non-hydrogen) atoms. The Labute approximate surface area is 136 Å². The van der Waals surface area contributed by atoms with E-state index in [9.17, 15) is 14.4 Å². The Balaban J connectivity index is 1.67. The minimum Gasteiger partial charge on any atom is -0.355 e. The lowest BCUT2D eigenvalue weighted by Crippen LogP contribution is -2.31. The van der Waals surface area contributed by atoms with Crippen LogP contribution < -0.4 is 16.0 Å². The lowest BCUT2D eigenvalue weighted by molar-refractivity contribution is -0.123. The van der Waals surface area contributed by atoms with Crippen LogP contribution >= 0.6 is 0 Å². The molecule has 3 N–H and O–H groups in total. The number of anilines is 1. The van der Waals surface area contributed by atoms with Crippen LogP contribution in [0.5, 0.6) is 0 Å². The molecular weight excluding hydrogens is 294 g/mol. The first-order valence-electron chi connectivity index (χ1n) is 7.86. The second-order valence-corrected chi connectivity index (χ2v) is 6.02. The Bertz CT molecular complexity index is 601. The molecule has 1 fully saturated rings. The maximum Gasteiger partial charge on any atom is 0.223 e. The van der Waals surface area contributed by atoms with E-state index < -0.39 is 0 Å². The summed E-state index contributed by atoms with van der Waals surface area (Å²) < 4.78 is 0. The molecule has 0 heterocycles. The van der Waals surface area contributed by atoms with Crippen molar-refractivity contribution in [2.75, 3.05) is 11.9 Å². The lowest BCUT2D eigenvalue weighted by atomic mass is 10.2. The molecule has 6 heteroatoms. The minimum atomic E-state index is -0.132. The smallest absolute Gasteiger partial charge is 0.223 e. The van der Waals surface area contributed by atoms with Crippen molar-refractivity contribution >= 4 is 23.4 Å². The normalized spacial score (nSPS) is 18.9. The van der Waals surface area contributed by atoms with Crippen molar-refractivity contribution in [2.45, 2.75) is 33.2 Å². The summed E-state index contributed by atoms with van der Waals surface area (Å²) in [5.74, 6) is 0.411. The number of benzene rings is 1. The molecule has 1 aliphatic carbocycles. The van der Waals surface area contributed by atoms with Gasteiger partial charge in [-0.25, -0.2) is 0 Å². The van der Waals surface area contributed by atoms with Crippen LogP contribution in [0.4, 0.5) is 5.69 Å². The summed E-state index contributed by atoms with van der Waals surface area (Å²) in [6, 6.07) is 7.31. The van der Waals surface area contributed by atoms with Gasteiger partial charge in [0.25, 0.3) is 0 Å². The monoisotopic (exact) mass is 317 g/mol. The van der Waals surface area contributed by atoms with Gasteiger partial charge in [0.15, 0.2) is 0 Å². The van der Waals surface area contributed by atoms with Crippen molar-refractivity contribution < 1.29 is 14.4 Å². The maximum absolute atomic E-state index is 11.8. The van der Waals surface area contributed by atoms with Crippen LogP contribution in [-0.2, 0) is 20.9 Å². The Morgan fingerprint density at radius 2 is 1.96 bits per heavy atom. The molecule has 1 saturated carbocycles. The van der Waals surface area contributed by atoms with E-state index >= 15 is 0 Å². The zero-order valence-corrected chi connectivity index (χ0v) is 13.5. The molecule has 0 bridgehead atoms. The summed E-state index contributed by atoms with van der Waals surface area (Å²) in [5, 5.41) is 8.29. The van der Waals surface area contributed by atoms with Crippen LogP contribution in [0.15, 0.2) is 24.3 Å². The van der Waals surface area contributed by atoms with Gasteiger partial charge in [0, 0.05) is 38.0 Å². The average Bonchev–Trinajstić information content (AvgIpc) is 3.22. The van der Waals surface area contributed by atoms with Crippen LogP contribution in [0.1, 0.15) is 32.3 Å². The Morgan fingerprint density at radius 1 is 1.22 bits per heavy atom. The molecule has 2 atom stereocenters. The standard InChI is InChI=1S/C17H23N3O3/c1-11-8-15(11)17(23)18-7-6-16(22)19-10-13-4-3-5-14(9-13)20-12(2)21/h3-5,9,11,15H,6-8,10H2,1-2H3,(H,18,23)(H,19,22)(H,20,21). The van der Waals surface area contributed by atoms with E-state index in [1.807, 2.05) is 25.1 Å². The fourth-order valence-electron chi connectivity index (χ4n) is 2.37. The third kappa shape index (κ3) is 5.73. The van der Waals surface area contributed by atoms with Crippen molar-refractivity contribution in [3.63, 3.8) is 0 Å². The van der Waals surface area contributed by atoms with E-state index in [0.717, 1.165) is 12.0 Å². The highest BCUT2D eigenvalue weighted by Crippen LogP contribution is 2.37. The molecule has 3 amide bonds. The molecular formula is C17H23N3O3. The van der Waals surface area contributed by atoms with Gasteiger partial charge in [-0.2, -0.15) is 0 Å². The van der Waals surface area contributed by atoms with Gasteiger partial charge in [0.2, 0.25) is 17.7 Å². The van der Waals surface area contributed by atoms with Crippen molar-refractivity contribution in [2.24, 2.45) is 11.8 Å². The van der Waals surface area contributed by atoms with E-state index in [-0.39, 0.29) is 30.1 Å². The van der Waals surface area contributed by atoms with Crippen molar-refractivity contribution in [1.29, 1.82) is 0 Å². The predicted octanol–water partition coefficient (Wildman–Crippen LogP) is 1.42. The fraction of sp³-hybridized carbons (Fsp3) is 0.471. The highest BCUT2D eigenvalue weighted by Gasteiger charge is 2.38. The van der Waals surface area contributed by atoms with E-state index in [4.69, 9.17) is 0 Å². The van der Waals surface area contributed by atoms with Gasteiger partial charge >= 0.3 is 0 Å². The molecule has 1 aromatic carbocycles. The predicted molar refractivity (Wildman–Crippen MR) is 87.5 cm³/mol. The highest BCUT2D eigenvalue weighted by molar-refractivity contribution is 5.88. The second-order valence-electron chi connectivity index (χ2n) is 6.02. The van der Waals surface area contributed by atoms with Crippen LogP contribution in [0.25, 0.3) is 0 Å². The first-order valence-corrected chi connectivity index (χ1v) is 7.86. The maximum atomic E-state index is 11.8. The zero-order chi connectivity index (χ0) is 16.8. The van der Waals surface area contributed by atoms with Crippen LogP contribution in [-0.4, -0.2) is 24.3 Å². The SMILES string of the molecule is CC(=O)Nc1cccc(CNC(=O)CCNC(=O)C2CC2C)c1.